The highest BCUT2D eigenvalue weighted by Crippen LogP contribution is 2.33. The van der Waals surface area contributed by atoms with Gasteiger partial charge in [0.15, 0.2) is 0 Å². The summed E-state index contributed by atoms with van der Waals surface area (Å²) < 4.78 is 0. The Kier molecular flexibility index (Phi) is 4.64. The first-order valence-corrected chi connectivity index (χ1v) is 9.45. The van der Waals surface area contributed by atoms with E-state index in [-0.39, 0.29) is 0 Å². The Hall–Kier alpha value is -3.12. The number of aryl methyl sites for hydroxylation is 3. The van der Waals surface area contributed by atoms with Crippen LogP contribution in [0, 0.1) is 20.8 Å². The maximum absolute atomic E-state index is 2.30. The Morgan fingerprint density at radius 1 is 0.333 bits per heavy atom. The zero-order chi connectivity index (χ0) is 18.8. The van der Waals surface area contributed by atoms with Gasteiger partial charge in [-0.05, 0) is 72.4 Å². The van der Waals surface area contributed by atoms with E-state index in [1.54, 1.807) is 0 Å². The van der Waals surface area contributed by atoms with Crippen LogP contribution in [0.25, 0.3) is 33.4 Å². The predicted molar refractivity (Wildman–Crippen MR) is 117 cm³/mol. The van der Waals surface area contributed by atoms with Crippen molar-refractivity contribution in [2.75, 3.05) is 0 Å². The summed E-state index contributed by atoms with van der Waals surface area (Å²) in [6.07, 6.45) is 0. The number of hydrogen-bond donors (Lipinski definition) is 0. The molecule has 0 aromatic heterocycles. The lowest BCUT2D eigenvalue weighted by Gasteiger charge is -2.12. The van der Waals surface area contributed by atoms with Gasteiger partial charge in [0.1, 0.15) is 0 Å². The Morgan fingerprint density at radius 2 is 0.778 bits per heavy atom. The van der Waals surface area contributed by atoms with Crippen molar-refractivity contribution in [1.82, 2.24) is 0 Å². The van der Waals surface area contributed by atoms with E-state index in [0.29, 0.717) is 0 Å². The smallest absolute Gasteiger partial charge is 0.0172 e. The molecular weight excluding hydrogens is 324 g/mol. The highest BCUT2D eigenvalue weighted by atomic mass is 14.1. The van der Waals surface area contributed by atoms with E-state index in [4.69, 9.17) is 0 Å². The Morgan fingerprint density at radius 3 is 1.22 bits per heavy atom. The SMILES string of the molecule is Cc1ccc(-c2cc(-c3ccc(C)cc3)cc(-c3cccc(C)c3)c2)cc1. The minimum atomic E-state index is 1.25. The van der Waals surface area contributed by atoms with Crippen LogP contribution in [0.2, 0.25) is 0 Å². The third-order valence-corrected chi connectivity index (χ3v) is 5.05. The predicted octanol–water partition coefficient (Wildman–Crippen LogP) is 7.61. The molecule has 0 saturated carbocycles. The first-order chi connectivity index (χ1) is 13.1. The van der Waals surface area contributed by atoms with Crippen LogP contribution in [-0.2, 0) is 0 Å². The standard InChI is InChI=1S/C27H24/c1-19-7-11-22(12-8-19)25-16-26(23-13-9-20(2)10-14-23)18-27(17-25)24-6-4-5-21(3)15-24/h4-18H,1-3H3. The average Bonchev–Trinajstić information content (AvgIpc) is 2.69. The fraction of sp³-hybridized carbons (Fsp3) is 0.111. The molecule has 4 aromatic rings. The van der Waals surface area contributed by atoms with E-state index >= 15 is 0 Å². The summed E-state index contributed by atoms with van der Waals surface area (Å²) >= 11 is 0. The molecule has 0 amide bonds. The molecule has 0 heterocycles. The first kappa shape index (κ1) is 17.3. The Bertz CT molecular complexity index is 1000. The molecule has 4 aromatic carbocycles. The molecular formula is C27H24. The summed E-state index contributed by atoms with van der Waals surface area (Å²) in [5, 5.41) is 0. The van der Waals surface area contributed by atoms with Crippen LogP contribution in [0.1, 0.15) is 16.7 Å². The second kappa shape index (κ2) is 7.25. The highest BCUT2D eigenvalue weighted by molar-refractivity contribution is 5.81. The van der Waals surface area contributed by atoms with Crippen LogP contribution < -0.4 is 0 Å². The lowest BCUT2D eigenvalue weighted by molar-refractivity contribution is 1.45. The molecule has 0 heteroatoms. The minimum absolute atomic E-state index is 1.25. The van der Waals surface area contributed by atoms with E-state index < -0.39 is 0 Å². The quantitative estimate of drug-likeness (QED) is 0.357. The molecule has 0 aliphatic carbocycles. The van der Waals surface area contributed by atoms with E-state index in [1.165, 1.54) is 50.1 Å². The van der Waals surface area contributed by atoms with Crippen LogP contribution in [0.5, 0.6) is 0 Å². The lowest BCUT2D eigenvalue weighted by atomic mass is 9.92. The molecule has 132 valence electrons. The van der Waals surface area contributed by atoms with Gasteiger partial charge in [-0.1, -0.05) is 89.5 Å². The van der Waals surface area contributed by atoms with Gasteiger partial charge in [-0.25, -0.2) is 0 Å². The highest BCUT2D eigenvalue weighted by Gasteiger charge is 2.08. The summed E-state index contributed by atoms with van der Waals surface area (Å²) in [7, 11) is 0. The van der Waals surface area contributed by atoms with Gasteiger partial charge in [0.05, 0.1) is 0 Å². The monoisotopic (exact) mass is 348 g/mol. The number of hydrogen-bond acceptors (Lipinski definition) is 0. The lowest BCUT2D eigenvalue weighted by Crippen LogP contribution is -1.87. The summed E-state index contributed by atoms with van der Waals surface area (Å²) in [5.74, 6) is 0. The second-order valence-electron chi connectivity index (χ2n) is 7.40. The molecule has 27 heavy (non-hydrogen) atoms. The Balaban J connectivity index is 1.90. The molecule has 0 nitrogen and oxygen atoms in total. The molecule has 0 unspecified atom stereocenters. The Labute approximate surface area is 162 Å². The van der Waals surface area contributed by atoms with Crippen molar-refractivity contribution in [2.24, 2.45) is 0 Å². The van der Waals surface area contributed by atoms with E-state index in [2.05, 4.69) is 112 Å². The van der Waals surface area contributed by atoms with Gasteiger partial charge in [0, 0.05) is 0 Å². The summed E-state index contributed by atoms with van der Waals surface area (Å²) in [5.41, 5.74) is 11.4. The van der Waals surface area contributed by atoms with Gasteiger partial charge in [0.25, 0.3) is 0 Å². The topological polar surface area (TPSA) is 0 Å². The normalized spacial score (nSPS) is 10.8. The summed E-state index contributed by atoms with van der Waals surface area (Å²) in [6.45, 7) is 6.41. The van der Waals surface area contributed by atoms with Crippen LogP contribution >= 0.6 is 0 Å². The van der Waals surface area contributed by atoms with Gasteiger partial charge >= 0.3 is 0 Å². The van der Waals surface area contributed by atoms with Crippen molar-refractivity contribution in [2.45, 2.75) is 20.8 Å². The number of benzene rings is 4. The van der Waals surface area contributed by atoms with Crippen molar-refractivity contribution < 1.29 is 0 Å². The molecule has 0 aliphatic heterocycles. The van der Waals surface area contributed by atoms with Crippen LogP contribution in [0.15, 0.2) is 91.0 Å². The number of rotatable bonds is 3. The van der Waals surface area contributed by atoms with Crippen molar-refractivity contribution in [3.05, 3.63) is 108 Å². The van der Waals surface area contributed by atoms with E-state index in [1.807, 2.05) is 0 Å². The minimum Gasteiger partial charge on any atom is -0.0614 e. The zero-order valence-corrected chi connectivity index (χ0v) is 16.2. The average molecular weight is 348 g/mol. The molecule has 0 atom stereocenters. The van der Waals surface area contributed by atoms with E-state index in [9.17, 15) is 0 Å². The fourth-order valence-corrected chi connectivity index (χ4v) is 3.44. The van der Waals surface area contributed by atoms with Crippen molar-refractivity contribution in [3.8, 4) is 33.4 Å². The first-order valence-electron chi connectivity index (χ1n) is 9.45. The molecule has 0 saturated heterocycles. The molecule has 0 bridgehead atoms. The van der Waals surface area contributed by atoms with Crippen molar-refractivity contribution >= 4 is 0 Å². The second-order valence-corrected chi connectivity index (χ2v) is 7.40. The van der Waals surface area contributed by atoms with Crippen LogP contribution in [0.4, 0.5) is 0 Å². The third kappa shape index (κ3) is 3.85. The van der Waals surface area contributed by atoms with Crippen molar-refractivity contribution in [1.29, 1.82) is 0 Å². The molecule has 0 spiro atoms. The van der Waals surface area contributed by atoms with Crippen molar-refractivity contribution in [3.63, 3.8) is 0 Å². The molecule has 0 fully saturated rings. The molecule has 0 N–H and O–H groups in total. The van der Waals surface area contributed by atoms with Gasteiger partial charge < -0.3 is 0 Å². The van der Waals surface area contributed by atoms with Crippen LogP contribution in [0.3, 0.4) is 0 Å². The van der Waals surface area contributed by atoms with E-state index in [0.717, 1.165) is 0 Å². The largest absolute Gasteiger partial charge is 0.0614 e. The van der Waals surface area contributed by atoms with Gasteiger partial charge in [-0.3, -0.25) is 0 Å². The van der Waals surface area contributed by atoms with Crippen LogP contribution in [-0.4, -0.2) is 0 Å². The maximum Gasteiger partial charge on any atom is -0.0172 e. The molecule has 0 radical (unpaired) electrons. The summed E-state index contributed by atoms with van der Waals surface area (Å²) in [4.78, 5) is 0. The van der Waals surface area contributed by atoms with Gasteiger partial charge in [-0.2, -0.15) is 0 Å². The summed E-state index contributed by atoms with van der Waals surface area (Å²) in [6, 6.07) is 33.2. The van der Waals surface area contributed by atoms with Gasteiger partial charge in [0.2, 0.25) is 0 Å². The third-order valence-electron chi connectivity index (χ3n) is 5.05. The zero-order valence-electron chi connectivity index (χ0n) is 16.2. The fourth-order valence-electron chi connectivity index (χ4n) is 3.44. The van der Waals surface area contributed by atoms with Gasteiger partial charge in [-0.15, -0.1) is 0 Å². The molecule has 0 aliphatic rings. The maximum atomic E-state index is 2.30. The molecule has 4 rings (SSSR count).